The van der Waals surface area contributed by atoms with Crippen molar-refractivity contribution in [2.45, 2.75) is 57.7 Å². The highest BCUT2D eigenvalue weighted by Crippen LogP contribution is 2.29. The summed E-state index contributed by atoms with van der Waals surface area (Å²) in [5.74, 6) is 0.0759. The maximum atomic E-state index is 12.0. The Labute approximate surface area is 114 Å². The molecule has 1 fully saturated rings. The van der Waals surface area contributed by atoms with Crippen LogP contribution in [0.2, 0.25) is 0 Å². The van der Waals surface area contributed by atoms with E-state index in [9.17, 15) is 4.79 Å². The third-order valence-electron chi connectivity index (χ3n) is 3.51. The maximum absolute atomic E-state index is 12.0. The van der Waals surface area contributed by atoms with Gasteiger partial charge in [-0.2, -0.15) is 0 Å². The van der Waals surface area contributed by atoms with Gasteiger partial charge in [-0.25, -0.2) is 4.98 Å². The molecule has 0 aromatic carbocycles. The van der Waals surface area contributed by atoms with Crippen molar-refractivity contribution in [2.24, 2.45) is 0 Å². The molecular weight excluding hydrogens is 240 g/mol. The van der Waals surface area contributed by atoms with Crippen molar-refractivity contribution < 1.29 is 4.79 Å². The zero-order valence-corrected chi connectivity index (χ0v) is 12.0. The van der Waals surface area contributed by atoms with Gasteiger partial charge >= 0.3 is 0 Å². The number of aromatic nitrogens is 2. The van der Waals surface area contributed by atoms with Crippen LogP contribution in [0, 0.1) is 0 Å². The SMILES string of the molecule is CC(C)(C)NCC(=O)NC1CCCC1n1ccnc1. The van der Waals surface area contributed by atoms with Gasteiger partial charge in [0.2, 0.25) is 5.91 Å². The molecule has 1 aliphatic rings. The number of imidazole rings is 1. The van der Waals surface area contributed by atoms with Gasteiger partial charge in [-0.1, -0.05) is 0 Å². The second-order valence-corrected chi connectivity index (χ2v) is 6.29. The van der Waals surface area contributed by atoms with Crippen LogP contribution >= 0.6 is 0 Å². The molecule has 0 aliphatic heterocycles. The summed E-state index contributed by atoms with van der Waals surface area (Å²) in [7, 11) is 0. The van der Waals surface area contributed by atoms with Gasteiger partial charge in [-0.3, -0.25) is 4.79 Å². The van der Waals surface area contributed by atoms with Crippen molar-refractivity contribution in [3.8, 4) is 0 Å². The summed E-state index contributed by atoms with van der Waals surface area (Å²) >= 11 is 0. The third-order valence-corrected chi connectivity index (χ3v) is 3.51. The highest BCUT2D eigenvalue weighted by molar-refractivity contribution is 5.78. The Hall–Kier alpha value is -1.36. The number of hydrogen-bond donors (Lipinski definition) is 2. The second-order valence-electron chi connectivity index (χ2n) is 6.29. The second kappa shape index (κ2) is 5.74. The Balaban J connectivity index is 1.86. The summed E-state index contributed by atoms with van der Waals surface area (Å²) < 4.78 is 2.11. The fourth-order valence-corrected chi connectivity index (χ4v) is 2.53. The van der Waals surface area contributed by atoms with Gasteiger partial charge in [0.15, 0.2) is 0 Å². The van der Waals surface area contributed by atoms with Crippen molar-refractivity contribution >= 4 is 5.91 Å². The van der Waals surface area contributed by atoms with E-state index >= 15 is 0 Å². The van der Waals surface area contributed by atoms with Crippen LogP contribution in [0.5, 0.6) is 0 Å². The van der Waals surface area contributed by atoms with Crippen LogP contribution < -0.4 is 10.6 Å². The van der Waals surface area contributed by atoms with E-state index in [-0.39, 0.29) is 17.5 Å². The molecule has 5 heteroatoms. The smallest absolute Gasteiger partial charge is 0.234 e. The van der Waals surface area contributed by atoms with Crippen LogP contribution in [0.15, 0.2) is 18.7 Å². The summed E-state index contributed by atoms with van der Waals surface area (Å²) in [6, 6.07) is 0.574. The monoisotopic (exact) mass is 264 g/mol. The van der Waals surface area contributed by atoms with Crippen molar-refractivity contribution in [1.82, 2.24) is 20.2 Å². The van der Waals surface area contributed by atoms with Crippen LogP contribution in [0.3, 0.4) is 0 Å². The number of hydrogen-bond acceptors (Lipinski definition) is 3. The highest BCUT2D eigenvalue weighted by Gasteiger charge is 2.29. The van der Waals surface area contributed by atoms with Gasteiger partial charge in [0, 0.05) is 24.0 Å². The molecule has 2 unspecified atom stereocenters. The Morgan fingerprint density at radius 3 is 2.84 bits per heavy atom. The van der Waals surface area contributed by atoms with Crippen LogP contribution in [-0.4, -0.2) is 33.6 Å². The number of rotatable bonds is 4. The molecule has 0 bridgehead atoms. The average Bonchev–Trinajstić information content (AvgIpc) is 2.94. The number of carbonyl (C=O) groups is 1. The Morgan fingerprint density at radius 1 is 1.42 bits per heavy atom. The molecule has 2 N–H and O–H groups in total. The Bertz CT molecular complexity index is 408. The van der Waals surface area contributed by atoms with Crippen LogP contribution in [0.1, 0.15) is 46.1 Å². The Morgan fingerprint density at radius 2 is 2.21 bits per heavy atom. The molecule has 1 aromatic heterocycles. The number of nitrogens with one attached hydrogen (secondary N) is 2. The lowest BCUT2D eigenvalue weighted by molar-refractivity contribution is -0.121. The lowest BCUT2D eigenvalue weighted by Gasteiger charge is -2.24. The minimum atomic E-state index is -0.0310. The summed E-state index contributed by atoms with van der Waals surface area (Å²) in [5.41, 5.74) is -0.0310. The van der Waals surface area contributed by atoms with E-state index in [0.29, 0.717) is 12.6 Å². The van der Waals surface area contributed by atoms with Gasteiger partial charge in [0.1, 0.15) is 0 Å². The van der Waals surface area contributed by atoms with Gasteiger partial charge in [0.25, 0.3) is 0 Å². The molecule has 0 saturated heterocycles. The molecule has 106 valence electrons. The van der Waals surface area contributed by atoms with E-state index in [1.807, 2.05) is 12.5 Å². The van der Waals surface area contributed by atoms with Gasteiger partial charge in [-0.15, -0.1) is 0 Å². The average molecular weight is 264 g/mol. The standard InChI is InChI=1S/C14H24N4O/c1-14(2,3)16-9-13(19)17-11-5-4-6-12(11)18-8-7-15-10-18/h7-8,10-12,16H,4-6,9H2,1-3H3,(H,17,19). The molecule has 1 aliphatic carbocycles. The predicted octanol–water partition coefficient (Wildman–Crippen LogP) is 1.48. The van der Waals surface area contributed by atoms with Crippen molar-refractivity contribution in [2.75, 3.05) is 6.54 Å². The molecule has 1 heterocycles. The van der Waals surface area contributed by atoms with Crippen LogP contribution in [0.25, 0.3) is 0 Å². The number of nitrogens with zero attached hydrogens (tertiary/aromatic N) is 2. The zero-order chi connectivity index (χ0) is 13.9. The molecular formula is C14H24N4O. The summed E-state index contributed by atoms with van der Waals surface area (Å²) in [6.07, 6.45) is 8.90. The normalized spacial score (nSPS) is 23.5. The highest BCUT2D eigenvalue weighted by atomic mass is 16.2. The van der Waals surface area contributed by atoms with E-state index in [1.165, 1.54) is 0 Å². The van der Waals surface area contributed by atoms with E-state index in [0.717, 1.165) is 19.3 Å². The fraction of sp³-hybridized carbons (Fsp3) is 0.714. The third kappa shape index (κ3) is 4.06. The van der Waals surface area contributed by atoms with Crippen molar-refractivity contribution in [1.29, 1.82) is 0 Å². The molecule has 19 heavy (non-hydrogen) atoms. The largest absolute Gasteiger partial charge is 0.350 e. The Kier molecular flexibility index (Phi) is 4.24. The van der Waals surface area contributed by atoms with Crippen molar-refractivity contribution in [3.05, 3.63) is 18.7 Å². The molecule has 0 radical (unpaired) electrons. The van der Waals surface area contributed by atoms with Crippen molar-refractivity contribution in [3.63, 3.8) is 0 Å². The van der Waals surface area contributed by atoms with Gasteiger partial charge in [0.05, 0.1) is 18.9 Å². The first-order valence-corrected chi connectivity index (χ1v) is 6.97. The van der Waals surface area contributed by atoms with Crippen LogP contribution in [0.4, 0.5) is 0 Å². The molecule has 1 aromatic rings. The first kappa shape index (κ1) is 14.1. The zero-order valence-electron chi connectivity index (χ0n) is 12.0. The van der Waals surface area contributed by atoms with E-state index in [1.54, 1.807) is 6.20 Å². The fourth-order valence-electron chi connectivity index (χ4n) is 2.53. The van der Waals surface area contributed by atoms with Gasteiger partial charge < -0.3 is 15.2 Å². The first-order valence-electron chi connectivity index (χ1n) is 6.97. The predicted molar refractivity (Wildman–Crippen MR) is 74.8 cm³/mol. The lowest BCUT2D eigenvalue weighted by atomic mass is 10.1. The van der Waals surface area contributed by atoms with E-state index < -0.39 is 0 Å². The molecule has 5 nitrogen and oxygen atoms in total. The summed E-state index contributed by atoms with van der Waals surface area (Å²) in [6.45, 7) is 6.55. The van der Waals surface area contributed by atoms with E-state index in [2.05, 4.69) is 41.0 Å². The maximum Gasteiger partial charge on any atom is 0.234 e. The number of carbonyl (C=O) groups excluding carboxylic acids is 1. The topological polar surface area (TPSA) is 59.0 Å². The first-order chi connectivity index (χ1) is 8.96. The molecule has 0 spiro atoms. The lowest BCUT2D eigenvalue weighted by Crippen LogP contribution is -2.46. The minimum absolute atomic E-state index is 0.0310. The molecule has 1 amide bonds. The summed E-state index contributed by atoms with van der Waals surface area (Å²) in [5, 5.41) is 6.35. The quantitative estimate of drug-likeness (QED) is 0.866. The van der Waals surface area contributed by atoms with Gasteiger partial charge in [-0.05, 0) is 40.0 Å². The molecule has 2 atom stereocenters. The molecule has 1 saturated carbocycles. The summed E-state index contributed by atoms with van der Waals surface area (Å²) in [4.78, 5) is 16.0. The molecule has 2 rings (SSSR count). The number of amides is 1. The van der Waals surface area contributed by atoms with Crippen LogP contribution in [-0.2, 0) is 4.79 Å². The van der Waals surface area contributed by atoms with E-state index in [4.69, 9.17) is 0 Å². The minimum Gasteiger partial charge on any atom is -0.350 e.